The van der Waals surface area contributed by atoms with Crippen molar-refractivity contribution in [2.45, 2.75) is 39.2 Å². The fourth-order valence-electron chi connectivity index (χ4n) is 1.58. The molecule has 0 aromatic heterocycles. The Balaban J connectivity index is 2.43. The smallest absolute Gasteiger partial charge is 0.328 e. The number of rotatable bonds is 4. The Bertz CT molecular complexity index is 223. The minimum atomic E-state index is -0.414. The number of nitrogens with one attached hydrogen (secondary N) is 1. The van der Waals surface area contributed by atoms with Gasteiger partial charge in [0, 0.05) is 12.3 Å². The molecule has 0 saturated carbocycles. The Labute approximate surface area is 84.0 Å². The Hall–Kier alpha value is -1.06. The first-order chi connectivity index (χ1) is 6.69. The van der Waals surface area contributed by atoms with Gasteiger partial charge in [0.25, 0.3) is 0 Å². The lowest BCUT2D eigenvalue weighted by Crippen LogP contribution is -2.41. The van der Waals surface area contributed by atoms with Crippen molar-refractivity contribution in [1.29, 1.82) is 0 Å². The average Bonchev–Trinajstić information content (AvgIpc) is 2.54. The van der Waals surface area contributed by atoms with Gasteiger partial charge in [0.15, 0.2) is 0 Å². The fourth-order valence-corrected chi connectivity index (χ4v) is 1.58. The topological polar surface area (TPSA) is 55.4 Å². The molecular weight excluding hydrogens is 182 g/mol. The number of cyclic esters (lactones) is 1. The van der Waals surface area contributed by atoms with Crippen molar-refractivity contribution in [1.82, 2.24) is 5.32 Å². The van der Waals surface area contributed by atoms with Crippen LogP contribution in [0.4, 0.5) is 0 Å². The van der Waals surface area contributed by atoms with Crippen LogP contribution in [0.25, 0.3) is 0 Å². The van der Waals surface area contributed by atoms with Crippen molar-refractivity contribution < 1.29 is 14.3 Å². The molecule has 4 nitrogen and oxygen atoms in total. The van der Waals surface area contributed by atoms with Gasteiger partial charge < -0.3 is 10.1 Å². The van der Waals surface area contributed by atoms with Crippen LogP contribution in [0.1, 0.15) is 33.1 Å². The Kier molecular flexibility index (Phi) is 3.92. The highest BCUT2D eigenvalue weighted by molar-refractivity contribution is 5.86. The number of ether oxygens (including phenoxy) is 1. The third-order valence-corrected chi connectivity index (χ3v) is 2.61. The quantitative estimate of drug-likeness (QED) is 0.683. The Morgan fingerprint density at radius 2 is 2.21 bits per heavy atom. The van der Waals surface area contributed by atoms with Gasteiger partial charge in [-0.05, 0) is 12.8 Å². The Morgan fingerprint density at radius 3 is 2.64 bits per heavy atom. The number of hydrogen-bond acceptors (Lipinski definition) is 3. The second kappa shape index (κ2) is 4.98. The first-order valence-corrected chi connectivity index (χ1v) is 5.16. The molecule has 1 atom stereocenters. The molecule has 0 unspecified atom stereocenters. The molecule has 0 spiro atoms. The maximum Gasteiger partial charge on any atom is 0.328 e. The van der Waals surface area contributed by atoms with Crippen molar-refractivity contribution in [3.8, 4) is 0 Å². The van der Waals surface area contributed by atoms with Gasteiger partial charge in [-0.2, -0.15) is 0 Å². The fraction of sp³-hybridized carbons (Fsp3) is 0.800. The molecule has 1 rings (SSSR count). The molecule has 1 heterocycles. The molecular formula is C10H17NO3. The van der Waals surface area contributed by atoms with Crippen molar-refractivity contribution in [3.63, 3.8) is 0 Å². The highest BCUT2D eigenvalue weighted by atomic mass is 16.5. The van der Waals surface area contributed by atoms with Crippen LogP contribution in [0.5, 0.6) is 0 Å². The number of hydrogen-bond donors (Lipinski definition) is 1. The number of carbonyl (C=O) groups is 2. The van der Waals surface area contributed by atoms with Gasteiger partial charge in [-0.15, -0.1) is 0 Å². The lowest BCUT2D eigenvalue weighted by molar-refractivity contribution is -0.141. The van der Waals surface area contributed by atoms with Crippen LogP contribution in [0, 0.1) is 5.92 Å². The van der Waals surface area contributed by atoms with E-state index in [4.69, 9.17) is 4.74 Å². The van der Waals surface area contributed by atoms with Crippen molar-refractivity contribution in [2.75, 3.05) is 6.61 Å². The van der Waals surface area contributed by atoms with E-state index in [0.29, 0.717) is 13.0 Å². The predicted octanol–water partition coefficient (Wildman–Crippen LogP) is 0.854. The standard InChI is InChI=1S/C10H17NO3/c1-3-7(4-2)9(12)11-8-5-6-14-10(8)13/h7-8H,3-6H2,1-2H3,(H,11,12)/t8-/m0/s1. The van der Waals surface area contributed by atoms with Gasteiger partial charge >= 0.3 is 5.97 Å². The SMILES string of the molecule is CCC(CC)C(=O)N[C@H]1CCOC1=O. The molecule has 1 aliphatic rings. The molecule has 0 aromatic carbocycles. The van der Waals surface area contributed by atoms with Crippen molar-refractivity contribution in [2.24, 2.45) is 5.92 Å². The van der Waals surface area contributed by atoms with Crippen molar-refractivity contribution in [3.05, 3.63) is 0 Å². The molecule has 0 aromatic rings. The summed E-state index contributed by atoms with van der Waals surface area (Å²) in [6, 6.07) is -0.414. The van der Waals surface area contributed by atoms with Crippen LogP contribution >= 0.6 is 0 Å². The normalized spacial score (nSPS) is 21.1. The third kappa shape index (κ3) is 2.47. The van der Waals surface area contributed by atoms with Crippen LogP contribution in [0.15, 0.2) is 0 Å². The van der Waals surface area contributed by atoms with Gasteiger partial charge in [-0.3, -0.25) is 4.79 Å². The molecule has 4 heteroatoms. The molecule has 1 amide bonds. The lowest BCUT2D eigenvalue weighted by Gasteiger charge is -2.14. The summed E-state index contributed by atoms with van der Waals surface area (Å²) in [5, 5.41) is 2.72. The van der Waals surface area contributed by atoms with E-state index in [1.165, 1.54) is 0 Å². The van der Waals surface area contributed by atoms with Crippen molar-refractivity contribution >= 4 is 11.9 Å². The summed E-state index contributed by atoms with van der Waals surface area (Å²) in [4.78, 5) is 22.7. The molecule has 0 aliphatic carbocycles. The number of carbonyl (C=O) groups excluding carboxylic acids is 2. The minimum absolute atomic E-state index is 0.0170. The van der Waals surface area contributed by atoms with Crippen LogP contribution in [-0.4, -0.2) is 24.5 Å². The van der Waals surface area contributed by atoms with E-state index in [-0.39, 0.29) is 17.8 Å². The molecule has 1 aliphatic heterocycles. The average molecular weight is 199 g/mol. The second-order valence-electron chi connectivity index (χ2n) is 3.53. The number of esters is 1. The van der Waals surface area contributed by atoms with Crippen LogP contribution < -0.4 is 5.32 Å². The van der Waals surface area contributed by atoms with E-state index in [0.717, 1.165) is 12.8 Å². The lowest BCUT2D eigenvalue weighted by atomic mass is 10.0. The number of amides is 1. The molecule has 80 valence electrons. The first-order valence-electron chi connectivity index (χ1n) is 5.16. The zero-order valence-electron chi connectivity index (χ0n) is 8.71. The van der Waals surface area contributed by atoms with Crippen LogP contribution in [0.3, 0.4) is 0 Å². The molecule has 1 fully saturated rings. The molecule has 0 radical (unpaired) electrons. The first kappa shape index (κ1) is 11.0. The summed E-state index contributed by atoms with van der Waals surface area (Å²) in [5.41, 5.74) is 0. The van der Waals surface area contributed by atoms with Crippen LogP contribution in [0.2, 0.25) is 0 Å². The van der Waals surface area contributed by atoms with E-state index in [1.54, 1.807) is 0 Å². The monoisotopic (exact) mass is 199 g/mol. The predicted molar refractivity (Wildman–Crippen MR) is 51.6 cm³/mol. The maximum absolute atomic E-state index is 11.6. The zero-order chi connectivity index (χ0) is 10.6. The third-order valence-electron chi connectivity index (χ3n) is 2.61. The molecule has 14 heavy (non-hydrogen) atoms. The van der Waals surface area contributed by atoms with Gasteiger partial charge in [0.05, 0.1) is 6.61 Å². The van der Waals surface area contributed by atoms with Gasteiger partial charge in [-0.25, -0.2) is 4.79 Å². The minimum Gasteiger partial charge on any atom is -0.464 e. The van der Waals surface area contributed by atoms with E-state index < -0.39 is 6.04 Å². The summed E-state index contributed by atoms with van der Waals surface area (Å²) < 4.78 is 4.76. The second-order valence-corrected chi connectivity index (χ2v) is 3.53. The molecule has 1 saturated heterocycles. The van der Waals surface area contributed by atoms with E-state index >= 15 is 0 Å². The molecule has 1 N–H and O–H groups in total. The van der Waals surface area contributed by atoms with Gasteiger partial charge in [0.1, 0.15) is 6.04 Å². The van der Waals surface area contributed by atoms with E-state index in [9.17, 15) is 9.59 Å². The van der Waals surface area contributed by atoms with E-state index in [2.05, 4.69) is 5.32 Å². The van der Waals surface area contributed by atoms with E-state index in [1.807, 2.05) is 13.8 Å². The summed E-state index contributed by atoms with van der Waals surface area (Å²) in [5.74, 6) is -0.313. The molecule has 0 bridgehead atoms. The maximum atomic E-state index is 11.6. The highest BCUT2D eigenvalue weighted by Gasteiger charge is 2.29. The van der Waals surface area contributed by atoms with Crippen LogP contribution in [-0.2, 0) is 14.3 Å². The van der Waals surface area contributed by atoms with Gasteiger partial charge in [0.2, 0.25) is 5.91 Å². The largest absolute Gasteiger partial charge is 0.464 e. The summed E-state index contributed by atoms with van der Waals surface area (Å²) in [6.07, 6.45) is 2.22. The summed E-state index contributed by atoms with van der Waals surface area (Å²) in [7, 11) is 0. The van der Waals surface area contributed by atoms with Gasteiger partial charge in [-0.1, -0.05) is 13.8 Å². The summed E-state index contributed by atoms with van der Waals surface area (Å²) >= 11 is 0. The zero-order valence-corrected chi connectivity index (χ0v) is 8.71. The Morgan fingerprint density at radius 1 is 1.57 bits per heavy atom. The summed E-state index contributed by atoms with van der Waals surface area (Å²) in [6.45, 7) is 4.37. The highest BCUT2D eigenvalue weighted by Crippen LogP contribution is 2.11.